The van der Waals surface area contributed by atoms with Gasteiger partial charge in [-0.15, -0.1) is 0 Å². The highest BCUT2D eigenvalue weighted by Crippen LogP contribution is 2.11. The zero-order valence-corrected chi connectivity index (χ0v) is 10.9. The van der Waals surface area contributed by atoms with E-state index in [2.05, 4.69) is 10.1 Å². The molecule has 0 aliphatic heterocycles. The van der Waals surface area contributed by atoms with Crippen LogP contribution < -0.4 is 10.5 Å². The summed E-state index contributed by atoms with van der Waals surface area (Å²) in [5, 5.41) is 11.4. The van der Waals surface area contributed by atoms with Gasteiger partial charge in [-0.2, -0.15) is 0 Å². The van der Waals surface area contributed by atoms with E-state index in [0.717, 1.165) is 0 Å². The monoisotopic (exact) mass is 253 g/mol. The number of oxime groups is 1. The van der Waals surface area contributed by atoms with Crippen LogP contribution >= 0.6 is 0 Å². The minimum absolute atomic E-state index is 0.0496. The van der Waals surface area contributed by atoms with Crippen LogP contribution in [-0.4, -0.2) is 34.8 Å². The number of hydrogen-bond donors (Lipinski definition) is 2. The van der Waals surface area contributed by atoms with Gasteiger partial charge in [0.1, 0.15) is 18.1 Å². The molecular weight excluding hydrogens is 234 g/mol. The molecule has 1 rings (SSSR count). The molecule has 1 aromatic rings. The van der Waals surface area contributed by atoms with E-state index in [1.807, 2.05) is 20.8 Å². The summed E-state index contributed by atoms with van der Waals surface area (Å²) in [6.07, 6.45) is 1.54. The minimum atomic E-state index is -0.180. The molecule has 0 saturated carbocycles. The van der Waals surface area contributed by atoms with Crippen LogP contribution in [0.3, 0.4) is 0 Å². The van der Waals surface area contributed by atoms with Crippen molar-refractivity contribution in [3.63, 3.8) is 0 Å². The SMILES string of the molecule is CC(C)(C)OCCOc1ccnc(/C(N)=N/O)c1. The minimum Gasteiger partial charge on any atom is -0.491 e. The fourth-order valence-electron chi connectivity index (χ4n) is 1.20. The van der Waals surface area contributed by atoms with Gasteiger partial charge in [-0.25, -0.2) is 0 Å². The maximum Gasteiger partial charge on any atom is 0.188 e. The van der Waals surface area contributed by atoms with Crippen LogP contribution in [-0.2, 0) is 4.74 Å². The van der Waals surface area contributed by atoms with Crippen LogP contribution in [0.15, 0.2) is 23.5 Å². The summed E-state index contributed by atoms with van der Waals surface area (Å²) in [4.78, 5) is 3.95. The van der Waals surface area contributed by atoms with Crippen LogP contribution in [0.2, 0.25) is 0 Å². The Morgan fingerprint density at radius 1 is 1.44 bits per heavy atom. The first-order chi connectivity index (χ1) is 8.42. The van der Waals surface area contributed by atoms with Gasteiger partial charge in [-0.1, -0.05) is 5.16 Å². The van der Waals surface area contributed by atoms with E-state index < -0.39 is 0 Å². The lowest BCUT2D eigenvalue weighted by Crippen LogP contribution is -2.22. The third-order valence-electron chi connectivity index (χ3n) is 1.99. The average Bonchev–Trinajstić information content (AvgIpc) is 2.33. The molecule has 0 aromatic carbocycles. The van der Waals surface area contributed by atoms with Gasteiger partial charge in [0.2, 0.25) is 0 Å². The molecule has 0 unspecified atom stereocenters. The number of nitrogens with two attached hydrogens (primary N) is 1. The summed E-state index contributed by atoms with van der Waals surface area (Å²) >= 11 is 0. The maximum atomic E-state index is 8.54. The van der Waals surface area contributed by atoms with Gasteiger partial charge in [0.15, 0.2) is 5.84 Å². The Balaban J connectivity index is 2.48. The van der Waals surface area contributed by atoms with Gasteiger partial charge in [-0.3, -0.25) is 4.98 Å². The lowest BCUT2D eigenvalue weighted by molar-refractivity contribution is -0.0163. The summed E-state index contributed by atoms with van der Waals surface area (Å²) in [7, 11) is 0. The zero-order valence-electron chi connectivity index (χ0n) is 10.9. The van der Waals surface area contributed by atoms with E-state index >= 15 is 0 Å². The standard InChI is InChI=1S/C12H19N3O3/c1-12(2,3)18-7-6-17-9-4-5-14-10(8-9)11(13)15-16/h4-5,8,16H,6-7H2,1-3H3,(H2,13,15). The average molecular weight is 253 g/mol. The summed E-state index contributed by atoms with van der Waals surface area (Å²) in [6, 6.07) is 3.30. The summed E-state index contributed by atoms with van der Waals surface area (Å²) in [6.45, 7) is 6.86. The number of ether oxygens (including phenoxy) is 2. The Kier molecular flexibility index (Phi) is 4.91. The molecule has 6 nitrogen and oxygen atoms in total. The Hall–Kier alpha value is -1.82. The Morgan fingerprint density at radius 3 is 2.78 bits per heavy atom. The van der Waals surface area contributed by atoms with Gasteiger partial charge in [0.25, 0.3) is 0 Å². The molecule has 0 saturated heterocycles. The van der Waals surface area contributed by atoms with Crippen molar-refractivity contribution < 1.29 is 14.7 Å². The number of amidine groups is 1. The molecule has 1 aromatic heterocycles. The molecule has 100 valence electrons. The molecule has 0 amide bonds. The lowest BCUT2D eigenvalue weighted by Gasteiger charge is -2.19. The van der Waals surface area contributed by atoms with Crippen molar-refractivity contribution in [3.05, 3.63) is 24.0 Å². The second-order valence-corrected chi connectivity index (χ2v) is 4.67. The summed E-state index contributed by atoms with van der Waals surface area (Å²) in [5.74, 6) is 0.551. The van der Waals surface area contributed by atoms with Crippen molar-refractivity contribution >= 4 is 5.84 Å². The topological polar surface area (TPSA) is 90.0 Å². The largest absolute Gasteiger partial charge is 0.491 e. The molecule has 0 spiro atoms. The van der Waals surface area contributed by atoms with Crippen molar-refractivity contribution in [1.82, 2.24) is 4.98 Å². The van der Waals surface area contributed by atoms with Crippen LogP contribution in [0.5, 0.6) is 5.75 Å². The van der Waals surface area contributed by atoms with Crippen molar-refractivity contribution in [2.45, 2.75) is 26.4 Å². The van der Waals surface area contributed by atoms with Gasteiger partial charge < -0.3 is 20.4 Å². The normalized spacial score (nSPS) is 12.5. The smallest absolute Gasteiger partial charge is 0.188 e. The molecule has 0 radical (unpaired) electrons. The fraction of sp³-hybridized carbons (Fsp3) is 0.500. The van der Waals surface area contributed by atoms with Gasteiger partial charge in [-0.05, 0) is 26.8 Å². The van der Waals surface area contributed by atoms with Crippen LogP contribution in [0.1, 0.15) is 26.5 Å². The van der Waals surface area contributed by atoms with Crippen LogP contribution in [0.4, 0.5) is 0 Å². The molecule has 0 atom stereocenters. The molecule has 0 bridgehead atoms. The zero-order chi connectivity index (χ0) is 13.6. The van der Waals surface area contributed by atoms with Gasteiger partial charge >= 0.3 is 0 Å². The molecule has 1 heterocycles. The fourth-order valence-corrected chi connectivity index (χ4v) is 1.20. The molecule has 0 aliphatic carbocycles. The highest BCUT2D eigenvalue weighted by Gasteiger charge is 2.09. The third-order valence-corrected chi connectivity index (χ3v) is 1.99. The van der Waals surface area contributed by atoms with Gasteiger partial charge in [0, 0.05) is 12.3 Å². The highest BCUT2D eigenvalue weighted by atomic mass is 16.5. The molecule has 3 N–H and O–H groups in total. The van der Waals surface area contributed by atoms with Crippen molar-refractivity contribution in [2.24, 2.45) is 10.9 Å². The van der Waals surface area contributed by atoms with Gasteiger partial charge in [0.05, 0.1) is 12.2 Å². The Labute approximate surface area is 106 Å². The predicted octanol–water partition coefficient (Wildman–Crippen LogP) is 1.37. The predicted molar refractivity (Wildman–Crippen MR) is 67.9 cm³/mol. The Morgan fingerprint density at radius 2 is 2.17 bits per heavy atom. The van der Waals surface area contributed by atoms with Crippen molar-refractivity contribution in [3.8, 4) is 5.75 Å². The Bertz CT molecular complexity index is 413. The molecule has 0 fully saturated rings. The first kappa shape index (κ1) is 14.2. The van der Waals surface area contributed by atoms with E-state index in [-0.39, 0.29) is 11.4 Å². The molecule has 18 heavy (non-hydrogen) atoms. The van der Waals surface area contributed by atoms with Crippen molar-refractivity contribution in [2.75, 3.05) is 13.2 Å². The number of aromatic nitrogens is 1. The quantitative estimate of drug-likeness (QED) is 0.272. The number of hydrogen-bond acceptors (Lipinski definition) is 5. The van der Waals surface area contributed by atoms with Crippen LogP contribution in [0.25, 0.3) is 0 Å². The number of nitrogens with zero attached hydrogens (tertiary/aromatic N) is 2. The first-order valence-electron chi connectivity index (χ1n) is 5.63. The highest BCUT2D eigenvalue weighted by molar-refractivity contribution is 5.95. The number of rotatable bonds is 5. The van der Waals surface area contributed by atoms with Crippen molar-refractivity contribution in [1.29, 1.82) is 0 Å². The summed E-state index contributed by atoms with van der Waals surface area (Å²) in [5.41, 5.74) is 5.62. The number of pyridine rings is 1. The van der Waals surface area contributed by atoms with E-state index in [4.69, 9.17) is 20.4 Å². The maximum absolute atomic E-state index is 8.54. The van der Waals surface area contributed by atoms with E-state index in [0.29, 0.717) is 24.7 Å². The van der Waals surface area contributed by atoms with E-state index in [1.54, 1.807) is 12.1 Å². The third kappa shape index (κ3) is 5.01. The second-order valence-electron chi connectivity index (χ2n) is 4.67. The summed E-state index contributed by atoms with van der Waals surface area (Å²) < 4.78 is 11.0. The molecule has 0 aliphatic rings. The van der Waals surface area contributed by atoms with E-state index in [1.165, 1.54) is 6.20 Å². The molecular formula is C12H19N3O3. The van der Waals surface area contributed by atoms with E-state index in [9.17, 15) is 0 Å². The first-order valence-corrected chi connectivity index (χ1v) is 5.63. The molecule has 6 heteroatoms. The van der Waals surface area contributed by atoms with Crippen LogP contribution in [0, 0.1) is 0 Å². The lowest BCUT2D eigenvalue weighted by atomic mass is 10.2. The second kappa shape index (κ2) is 6.20.